The molecule has 1 aliphatic carbocycles. The molecule has 0 saturated heterocycles. The Labute approximate surface area is 82.2 Å². The lowest BCUT2D eigenvalue weighted by atomic mass is 10.2. The molecule has 0 fully saturated rings. The van der Waals surface area contributed by atoms with Crippen molar-refractivity contribution in [2.75, 3.05) is 0 Å². The molecule has 0 spiro atoms. The monoisotopic (exact) mass is 185 g/mol. The number of hydrogen-bond acceptors (Lipinski definition) is 2. The van der Waals surface area contributed by atoms with E-state index in [4.69, 9.17) is 0 Å². The number of H-pyrrole nitrogens is 1. The van der Waals surface area contributed by atoms with Crippen molar-refractivity contribution < 1.29 is 0 Å². The lowest BCUT2D eigenvalue weighted by Crippen LogP contribution is -1.94. The van der Waals surface area contributed by atoms with Crippen molar-refractivity contribution in [1.29, 1.82) is 0 Å². The van der Waals surface area contributed by atoms with E-state index >= 15 is 0 Å². The van der Waals surface area contributed by atoms with E-state index in [-0.39, 0.29) is 0 Å². The number of aromatic nitrogens is 3. The molecule has 14 heavy (non-hydrogen) atoms. The van der Waals surface area contributed by atoms with Gasteiger partial charge in [0.15, 0.2) is 5.82 Å². The normalized spacial score (nSPS) is 14.3. The summed E-state index contributed by atoms with van der Waals surface area (Å²) < 4.78 is 0. The van der Waals surface area contributed by atoms with Crippen LogP contribution in [0.1, 0.15) is 17.7 Å². The maximum absolute atomic E-state index is 4.55. The fourth-order valence-electron chi connectivity index (χ4n) is 1.91. The Morgan fingerprint density at radius 1 is 1.29 bits per heavy atom. The summed E-state index contributed by atoms with van der Waals surface area (Å²) in [7, 11) is 0. The molecule has 2 aromatic rings. The van der Waals surface area contributed by atoms with Crippen molar-refractivity contribution in [3.8, 4) is 11.5 Å². The van der Waals surface area contributed by atoms with Crippen LogP contribution in [0, 0.1) is 0 Å². The predicted octanol–water partition coefficient (Wildman–Crippen LogP) is 1.96. The van der Waals surface area contributed by atoms with Crippen molar-refractivity contribution in [3.05, 3.63) is 35.8 Å². The number of nitrogens with one attached hydrogen (secondary N) is 1. The molecule has 0 amide bonds. The second kappa shape index (κ2) is 2.94. The van der Waals surface area contributed by atoms with Gasteiger partial charge in [-0.1, -0.05) is 0 Å². The standard InChI is InChI=1S/C11H11N3/c1-3-8-7-13-11(14-9(8)4-1)10-5-2-6-12-10/h2,5-7,12H,1,3-4H2. The van der Waals surface area contributed by atoms with Crippen LogP contribution in [-0.2, 0) is 12.8 Å². The number of rotatable bonds is 1. The van der Waals surface area contributed by atoms with Gasteiger partial charge < -0.3 is 4.98 Å². The Balaban J connectivity index is 2.09. The number of nitrogens with zero attached hydrogens (tertiary/aromatic N) is 2. The third-order valence-corrected chi connectivity index (χ3v) is 2.65. The van der Waals surface area contributed by atoms with Gasteiger partial charge in [-0.3, -0.25) is 0 Å². The minimum Gasteiger partial charge on any atom is -0.359 e. The first-order chi connectivity index (χ1) is 6.93. The molecule has 3 heteroatoms. The summed E-state index contributed by atoms with van der Waals surface area (Å²) in [6.07, 6.45) is 7.32. The Bertz CT molecular complexity index is 446. The summed E-state index contributed by atoms with van der Waals surface area (Å²) in [5, 5.41) is 0. The van der Waals surface area contributed by atoms with Gasteiger partial charge in [-0.2, -0.15) is 0 Å². The molecule has 70 valence electrons. The highest BCUT2D eigenvalue weighted by Gasteiger charge is 2.13. The van der Waals surface area contributed by atoms with Gasteiger partial charge in [0.05, 0.1) is 5.69 Å². The SMILES string of the molecule is c1c[nH]c(-c2ncc3c(n2)CCC3)c1. The van der Waals surface area contributed by atoms with Gasteiger partial charge >= 0.3 is 0 Å². The van der Waals surface area contributed by atoms with Crippen molar-refractivity contribution in [3.63, 3.8) is 0 Å². The largest absolute Gasteiger partial charge is 0.359 e. The van der Waals surface area contributed by atoms with E-state index < -0.39 is 0 Å². The zero-order chi connectivity index (χ0) is 9.38. The maximum atomic E-state index is 4.55. The van der Waals surface area contributed by atoms with E-state index in [1.807, 2.05) is 24.5 Å². The molecule has 1 N–H and O–H groups in total. The first-order valence-electron chi connectivity index (χ1n) is 4.92. The van der Waals surface area contributed by atoms with E-state index in [0.717, 1.165) is 24.4 Å². The van der Waals surface area contributed by atoms with E-state index in [9.17, 15) is 0 Å². The highest BCUT2D eigenvalue weighted by molar-refractivity contribution is 5.49. The summed E-state index contributed by atoms with van der Waals surface area (Å²) in [4.78, 5) is 12.0. The van der Waals surface area contributed by atoms with Crippen LogP contribution in [-0.4, -0.2) is 15.0 Å². The van der Waals surface area contributed by atoms with Crippen LogP contribution in [0.15, 0.2) is 24.5 Å². The fraction of sp³-hybridized carbons (Fsp3) is 0.273. The summed E-state index contributed by atoms with van der Waals surface area (Å²) in [6, 6.07) is 3.96. The van der Waals surface area contributed by atoms with Gasteiger partial charge in [-0.25, -0.2) is 9.97 Å². The molecule has 0 aromatic carbocycles. The van der Waals surface area contributed by atoms with Crippen LogP contribution < -0.4 is 0 Å². The molecule has 0 radical (unpaired) electrons. The topological polar surface area (TPSA) is 41.6 Å². The van der Waals surface area contributed by atoms with Crippen LogP contribution in [0.25, 0.3) is 11.5 Å². The van der Waals surface area contributed by atoms with Crippen molar-refractivity contribution in [1.82, 2.24) is 15.0 Å². The van der Waals surface area contributed by atoms with Crippen LogP contribution in [0.3, 0.4) is 0 Å². The number of hydrogen-bond donors (Lipinski definition) is 1. The number of aromatic amines is 1. The highest BCUT2D eigenvalue weighted by atomic mass is 14.9. The first-order valence-corrected chi connectivity index (χ1v) is 4.92. The van der Waals surface area contributed by atoms with Gasteiger partial charge in [0.1, 0.15) is 0 Å². The molecule has 3 rings (SSSR count). The summed E-state index contributed by atoms with van der Waals surface area (Å²) in [6.45, 7) is 0. The number of fused-ring (bicyclic) bond motifs is 1. The molecular weight excluding hydrogens is 174 g/mol. The van der Waals surface area contributed by atoms with Gasteiger partial charge in [0, 0.05) is 18.1 Å². The van der Waals surface area contributed by atoms with E-state index in [0.29, 0.717) is 0 Å². The first kappa shape index (κ1) is 7.74. The second-order valence-corrected chi connectivity index (χ2v) is 3.60. The van der Waals surface area contributed by atoms with Gasteiger partial charge in [0.25, 0.3) is 0 Å². The molecule has 0 atom stereocenters. The minimum absolute atomic E-state index is 0.815. The molecular formula is C11H11N3. The Morgan fingerprint density at radius 3 is 3.14 bits per heavy atom. The van der Waals surface area contributed by atoms with Crippen LogP contribution in [0.4, 0.5) is 0 Å². The zero-order valence-corrected chi connectivity index (χ0v) is 7.83. The lowest BCUT2D eigenvalue weighted by Gasteiger charge is -2.00. The number of aryl methyl sites for hydroxylation is 2. The van der Waals surface area contributed by atoms with E-state index in [1.54, 1.807) is 0 Å². The summed E-state index contributed by atoms with van der Waals surface area (Å²) in [5.74, 6) is 0.815. The highest BCUT2D eigenvalue weighted by Crippen LogP contribution is 2.21. The van der Waals surface area contributed by atoms with Gasteiger partial charge in [-0.05, 0) is 37.0 Å². The molecule has 0 bridgehead atoms. The second-order valence-electron chi connectivity index (χ2n) is 3.60. The Hall–Kier alpha value is -1.64. The zero-order valence-electron chi connectivity index (χ0n) is 7.83. The molecule has 1 aliphatic rings. The third kappa shape index (κ3) is 1.13. The summed E-state index contributed by atoms with van der Waals surface area (Å²) >= 11 is 0. The third-order valence-electron chi connectivity index (χ3n) is 2.65. The molecule has 2 heterocycles. The molecule has 3 nitrogen and oxygen atoms in total. The van der Waals surface area contributed by atoms with Crippen molar-refractivity contribution in [2.45, 2.75) is 19.3 Å². The van der Waals surface area contributed by atoms with Crippen LogP contribution in [0.2, 0.25) is 0 Å². The Morgan fingerprint density at radius 2 is 2.29 bits per heavy atom. The van der Waals surface area contributed by atoms with E-state index in [2.05, 4.69) is 15.0 Å². The lowest BCUT2D eigenvalue weighted by molar-refractivity contribution is 0.899. The Kier molecular flexibility index (Phi) is 1.63. The van der Waals surface area contributed by atoms with Gasteiger partial charge in [-0.15, -0.1) is 0 Å². The van der Waals surface area contributed by atoms with Crippen LogP contribution >= 0.6 is 0 Å². The quantitative estimate of drug-likeness (QED) is 0.737. The molecule has 2 aromatic heterocycles. The van der Waals surface area contributed by atoms with Gasteiger partial charge in [0.2, 0.25) is 0 Å². The molecule has 0 unspecified atom stereocenters. The smallest absolute Gasteiger partial charge is 0.176 e. The predicted molar refractivity (Wildman–Crippen MR) is 53.8 cm³/mol. The minimum atomic E-state index is 0.815. The molecule has 0 saturated carbocycles. The van der Waals surface area contributed by atoms with Crippen molar-refractivity contribution >= 4 is 0 Å². The average Bonchev–Trinajstić information content (AvgIpc) is 2.88. The molecule has 0 aliphatic heterocycles. The van der Waals surface area contributed by atoms with E-state index in [1.165, 1.54) is 17.7 Å². The maximum Gasteiger partial charge on any atom is 0.176 e. The average molecular weight is 185 g/mol. The van der Waals surface area contributed by atoms with Crippen molar-refractivity contribution in [2.24, 2.45) is 0 Å². The fourth-order valence-corrected chi connectivity index (χ4v) is 1.91. The summed E-state index contributed by atoms with van der Waals surface area (Å²) in [5.41, 5.74) is 3.55. The van der Waals surface area contributed by atoms with Crippen LogP contribution in [0.5, 0.6) is 0 Å².